The zero-order valence-corrected chi connectivity index (χ0v) is 18.3. The van der Waals surface area contributed by atoms with E-state index in [1.807, 2.05) is 19.9 Å². The van der Waals surface area contributed by atoms with Crippen LogP contribution in [0.3, 0.4) is 0 Å². The summed E-state index contributed by atoms with van der Waals surface area (Å²) in [6.45, 7) is 3.73. The average molecular weight is 462 g/mol. The molecule has 2 aromatic carbocycles. The zero-order valence-electron chi connectivity index (χ0n) is 18.3. The Balaban J connectivity index is 2.00. The van der Waals surface area contributed by atoms with E-state index in [1.54, 1.807) is 37.4 Å². The van der Waals surface area contributed by atoms with Gasteiger partial charge in [-0.3, -0.25) is 0 Å². The smallest absolute Gasteiger partial charge is 0.497 e. The second-order valence-electron chi connectivity index (χ2n) is 7.57. The molecule has 0 aliphatic heterocycles. The van der Waals surface area contributed by atoms with Crippen molar-refractivity contribution in [3.05, 3.63) is 54.6 Å². The maximum atomic E-state index is 12.7. The summed E-state index contributed by atoms with van der Waals surface area (Å²) in [4.78, 5) is 8.92. The Labute approximate surface area is 189 Å². The SMILES string of the molecule is COc1cccc(Nc2cc(-c3cccc(OC(F)(F)F)c3)nc(N[C@H](CO)C(C)C)n2)c1. The number of halogens is 3. The lowest BCUT2D eigenvalue weighted by molar-refractivity contribution is -0.274. The summed E-state index contributed by atoms with van der Waals surface area (Å²) in [7, 11) is 1.56. The van der Waals surface area contributed by atoms with E-state index in [9.17, 15) is 18.3 Å². The maximum Gasteiger partial charge on any atom is 0.573 e. The molecule has 0 aliphatic rings. The lowest BCUT2D eigenvalue weighted by Crippen LogP contribution is -2.30. The van der Waals surface area contributed by atoms with Crippen LogP contribution in [0.1, 0.15) is 13.8 Å². The Morgan fingerprint density at radius 2 is 1.73 bits per heavy atom. The lowest BCUT2D eigenvalue weighted by Gasteiger charge is -2.21. The first-order valence-corrected chi connectivity index (χ1v) is 10.2. The van der Waals surface area contributed by atoms with E-state index < -0.39 is 6.36 Å². The van der Waals surface area contributed by atoms with Gasteiger partial charge in [-0.15, -0.1) is 13.2 Å². The molecule has 3 rings (SSSR count). The van der Waals surface area contributed by atoms with Crippen LogP contribution in [-0.4, -0.2) is 41.2 Å². The van der Waals surface area contributed by atoms with Gasteiger partial charge in [-0.25, -0.2) is 4.98 Å². The van der Waals surface area contributed by atoms with Crippen molar-refractivity contribution in [1.82, 2.24) is 9.97 Å². The highest BCUT2D eigenvalue weighted by Crippen LogP contribution is 2.30. The van der Waals surface area contributed by atoms with E-state index in [1.165, 1.54) is 18.2 Å². The molecule has 3 N–H and O–H groups in total. The van der Waals surface area contributed by atoms with Gasteiger partial charge in [0.15, 0.2) is 0 Å². The van der Waals surface area contributed by atoms with E-state index >= 15 is 0 Å². The van der Waals surface area contributed by atoms with Gasteiger partial charge in [0, 0.05) is 23.4 Å². The van der Waals surface area contributed by atoms with Gasteiger partial charge in [0.1, 0.15) is 17.3 Å². The van der Waals surface area contributed by atoms with Crippen molar-refractivity contribution in [3.63, 3.8) is 0 Å². The van der Waals surface area contributed by atoms with Gasteiger partial charge in [-0.2, -0.15) is 4.98 Å². The summed E-state index contributed by atoms with van der Waals surface area (Å²) >= 11 is 0. The molecule has 10 heteroatoms. The Bertz CT molecular complexity index is 1080. The second kappa shape index (κ2) is 10.4. The molecule has 1 atom stereocenters. The molecule has 7 nitrogen and oxygen atoms in total. The number of nitrogens with one attached hydrogen (secondary N) is 2. The molecule has 0 aliphatic carbocycles. The molecule has 1 heterocycles. The first-order chi connectivity index (χ1) is 15.7. The fraction of sp³-hybridized carbons (Fsp3) is 0.304. The van der Waals surface area contributed by atoms with E-state index in [0.29, 0.717) is 28.5 Å². The van der Waals surface area contributed by atoms with Crippen molar-refractivity contribution in [2.75, 3.05) is 24.4 Å². The minimum absolute atomic E-state index is 0.0839. The Kier molecular flexibility index (Phi) is 7.59. The van der Waals surface area contributed by atoms with Gasteiger partial charge < -0.3 is 25.2 Å². The highest BCUT2D eigenvalue weighted by molar-refractivity contribution is 5.68. The van der Waals surface area contributed by atoms with Crippen LogP contribution in [0.4, 0.5) is 30.6 Å². The number of alkyl halides is 3. The van der Waals surface area contributed by atoms with Crippen molar-refractivity contribution in [2.24, 2.45) is 5.92 Å². The fourth-order valence-corrected chi connectivity index (χ4v) is 3.01. The summed E-state index contributed by atoms with van der Waals surface area (Å²) in [6, 6.07) is 14.0. The Hall–Kier alpha value is -3.53. The molecule has 0 unspecified atom stereocenters. The largest absolute Gasteiger partial charge is 0.573 e. The number of benzene rings is 2. The minimum Gasteiger partial charge on any atom is -0.497 e. The van der Waals surface area contributed by atoms with Crippen LogP contribution < -0.4 is 20.1 Å². The molecule has 3 aromatic rings. The molecule has 0 fully saturated rings. The van der Waals surface area contributed by atoms with Crippen LogP contribution in [0.2, 0.25) is 0 Å². The third-order valence-corrected chi connectivity index (χ3v) is 4.75. The molecule has 0 spiro atoms. The molecular formula is C23H25F3N4O3. The summed E-state index contributed by atoms with van der Waals surface area (Å²) in [5.41, 5.74) is 1.47. The number of hydrogen-bond acceptors (Lipinski definition) is 7. The molecule has 0 amide bonds. The Morgan fingerprint density at radius 3 is 2.39 bits per heavy atom. The van der Waals surface area contributed by atoms with E-state index in [2.05, 4.69) is 25.3 Å². The first kappa shape index (κ1) is 24.1. The number of methoxy groups -OCH3 is 1. The minimum atomic E-state index is -4.80. The number of rotatable bonds is 9. The number of anilines is 3. The number of aliphatic hydroxyl groups excluding tert-OH is 1. The maximum absolute atomic E-state index is 12.7. The summed E-state index contributed by atoms with van der Waals surface area (Å²) in [5.74, 6) is 0.988. The van der Waals surface area contributed by atoms with Gasteiger partial charge in [0.2, 0.25) is 5.95 Å². The normalized spacial score (nSPS) is 12.4. The standard InChI is InChI=1S/C23H25F3N4O3/c1-14(2)20(13-31)29-22-28-19(15-6-4-9-18(10-15)33-23(24,25)26)12-21(30-22)27-16-7-5-8-17(11-16)32-3/h4-12,14,20,31H,13H2,1-3H3,(H2,27,28,29,30)/t20-/m1/s1. The summed E-state index contributed by atoms with van der Waals surface area (Å²) < 4.78 is 47.3. The van der Waals surface area contributed by atoms with Crippen LogP contribution in [-0.2, 0) is 0 Å². The van der Waals surface area contributed by atoms with Crippen molar-refractivity contribution in [2.45, 2.75) is 26.3 Å². The molecule has 176 valence electrons. The predicted molar refractivity (Wildman–Crippen MR) is 120 cm³/mol. The zero-order chi connectivity index (χ0) is 24.0. The van der Waals surface area contributed by atoms with Crippen molar-refractivity contribution < 1.29 is 27.8 Å². The van der Waals surface area contributed by atoms with Crippen LogP contribution in [0.25, 0.3) is 11.3 Å². The topological polar surface area (TPSA) is 88.5 Å². The monoisotopic (exact) mass is 462 g/mol. The molecule has 0 bridgehead atoms. The molecule has 0 saturated carbocycles. The van der Waals surface area contributed by atoms with Gasteiger partial charge in [-0.05, 0) is 30.2 Å². The molecular weight excluding hydrogens is 437 g/mol. The van der Waals surface area contributed by atoms with Gasteiger partial charge >= 0.3 is 6.36 Å². The average Bonchev–Trinajstić information content (AvgIpc) is 2.76. The van der Waals surface area contributed by atoms with Crippen LogP contribution in [0.5, 0.6) is 11.5 Å². The third-order valence-electron chi connectivity index (χ3n) is 4.75. The second-order valence-corrected chi connectivity index (χ2v) is 7.57. The molecule has 1 aromatic heterocycles. The van der Waals surface area contributed by atoms with Crippen molar-refractivity contribution in [1.29, 1.82) is 0 Å². The van der Waals surface area contributed by atoms with Crippen LogP contribution >= 0.6 is 0 Å². The fourth-order valence-electron chi connectivity index (χ4n) is 3.01. The number of aromatic nitrogens is 2. The molecule has 0 radical (unpaired) electrons. The van der Waals surface area contributed by atoms with Gasteiger partial charge in [-0.1, -0.05) is 32.0 Å². The quantitative estimate of drug-likeness (QED) is 0.402. The lowest BCUT2D eigenvalue weighted by atomic mass is 10.1. The molecule has 33 heavy (non-hydrogen) atoms. The first-order valence-electron chi connectivity index (χ1n) is 10.2. The highest BCUT2D eigenvalue weighted by atomic mass is 19.4. The van der Waals surface area contributed by atoms with Crippen LogP contribution in [0, 0.1) is 5.92 Å². The van der Waals surface area contributed by atoms with Gasteiger partial charge in [0.25, 0.3) is 0 Å². The number of nitrogens with zero attached hydrogens (tertiary/aromatic N) is 2. The van der Waals surface area contributed by atoms with E-state index in [-0.39, 0.29) is 30.3 Å². The highest BCUT2D eigenvalue weighted by Gasteiger charge is 2.31. The van der Waals surface area contributed by atoms with Crippen LogP contribution in [0.15, 0.2) is 54.6 Å². The van der Waals surface area contributed by atoms with Gasteiger partial charge in [0.05, 0.1) is 25.5 Å². The van der Waals surface area contributed by atoms with E-state index in [4.69, 9.17) is 4.74 Å². The van der Waals surface area contributed by atoms with E-state index in [0.717, 1.165) is 0 Å². The number of ether oxygens (including phenoxy) is 2. The van der Waals surface area contributed by atoms with Crippen molar-refractivity contribution >= 4 is 17.5 Å². The molecule has 0 saturated heterocycles. The third kappa shape index (κ3) is 6.98. The summed E-state index contributed by atoms with van der Waals surface area (Å²) in [5, 5.41) is 15.9. The van der Waals surface area contributed by atoms with Crippen molar-refractivity contribution in [3.8, 4) is 22.8 Å². The Morgan fingerprint density at radius 1 is 1.00 bits per heavy atom. The predicted octanol–water partition coefficient (Wildman–Crippen LogP) is 5.22. The number of hydrogen-bond donors (Lipinski definition) is 3. The summed E-state index contributed by atoms with van der Waals surface area (Å²) in [6.07, 6.45) is -4.80. The number of aliphatic hydroxyl groups is 1.